The first-order valence-corrected chi connectivity index (χ1v) is 10.1. The van der Waals surface area contributed by atoms with E-state index in [1.54, 1.807) is 31.2 Å². The van der Waals surface area contributed by atoms with Crippen molar-refractivity contribution in [2.24, 2.45) is 0 Å². The number of aromatic nitrogens is 1. The first kappa shape index (κ1) is 21.8. The molecule has 1 N–H and O–H groups in total. The molecule has 0 bridgehead atoms. The number of nitrogens with zero attached hydrogens (tertiary/aromatic N) is 2. The summed E-state index contributed by atoms with van der Waals surface area (Å²) >= 11 is 0. The first-order chi connectivity index (χ1) is 14.9. The molecule has 3 aromatic rings. The third-order valence-corrected chi connectivity index (χ3v) is 5.24. The molecular formula is C25H24N2O4. The van der Waals surface area contributed by atoms with Gasteiger partial charge in [0, 0.05) is 0 Å². The maximum atomic E-state index is 13.2. The van der Waals surface area contributed by atoms with Crippen LogP contribution in [0.1, 0.15) is 46.5 Å². The van der Waals surface area contributed by atoms with Crippen molar-refractivity contribution in [3.05, 3.63) is 92.8 Å². The molecule has 6 heteroatoms. The van der Waals surface area contributed by atoms with Crippen LogP contribution < -0.4 is 10.3 Å². The van der Waals surface area contributed by atoms with Crippen molar-refractivity contribution in [2.45, 2.75) is 39.8 Å². The summed E-state index contributed by atoms with van der Waals surface area (Å²) in [5.41, 5.74) is 1.16. The highest BCUT2D eigenvalue weighted by molar-refractivity contribution is 6.03. The fourth-order valence-corrected chi connectivity index (χ4v) is 3.42. The number of aromatic hydroxyl groups is 1. The Morgan fingerprint density at radius 2 is 1.77 bits per heavy atom. The summed E-state index contributed by atoms with van der Waals surface area (Å²) in [4.78, 5) is 26.0. The Hall–Kier alpha value is -3.85. The molecule has 1 heterocycles. The molecule has 3 rings (SSSR count). The second-order valence-electron chi connectivity index (χ2n) is 7.31. The lowest BCUT2D eigenvalue weighted by Gasteiger charge is -2.19. The standard InChI is InChI=1S/C25H24N2O4/c1-4-18-10-12-20(13-11-18)31-17(3)23(28)22-16(2)21(14-26)24(29)27(25(22)30)15-19-8-6-5-7-9-19/h5-13,17,30H,4,15H2,1-3H3. The molecule has 0 aliphatic carbocycles. The average molecular weight is 416 g/mol. The number of hydrogen-bond donors (Lipinski definition) is 1. The van der Waals surface area contributed by atoms with E-state index in [0.29, 0.717) is 5.75 Å². The molecule has 6 nitrogen and oxygen atoms in total. The number of Topliss-reactive ketones (excluding diaryl/α,β-unsaturated/α-hetero) is 1. The molecule has 0 aliphatic heterocycles. The lowest BCUT2D eigenvalue weighted by molar-refractivity contribution is 0.0812. The predicted octanol–water partition coefficient (Wildman–Crippen LogP) is 3.99. The van der Waals surface area contributed by atoms with E-state index in [-0.39, 0.29) is 23.2 Å². The Labute approximate surface area is 181 Å². The van der Waals surface area contributed by atoms with Gasteiger partial charge in [0.15, 0.2) is 6.10 Å². The highest BCUT2D eigenvalue weighted by Crippen LogP contribution is 2.25. The quantitative estimate of drug-likeness (QED) is 0.588. The van der Waals surface area contributed by atoms with Crippen molar-refractivity contribution in [3.63, 3.8) is 0 Å². The number of rotatable bonds is 7. The SMILES string of the molecule is CCc1ccc(OC(C)C(=O)c2c(C)c(C#N)c(=O)n(Cc3ccccc3)c2O)cc1. The topological polar surface area (TPSA) is 92.3 Å². The molecule has 0 spiro atoms. The summed E-state index contributed by atoms with van der Waals surface area (Å²) in [5.74, 6) is -0.451. The van der Waals surface area contributed by atoms with Gasteiger partial charge in [0.1, 0.15) is 17.4 Å². The van der Waals surface area contributed by atoms with Crippen molar-refractivity contribution in [1.82, 2.24) is 4.57 Å². The summed E-state index contributed by atoms with van der Waals surface area (Å²) in [6.07, 6.45) is -0.0341. The molecule has 1 unspecified atom stereocenters. The average Bonchev–Trinajstić information content (AvgIpc) is 2.78. The molecule has 1 atom stereocenters. The van der Waals surface area contributed by atoms with Crippen LogP contribution in [0.3, 0.4) is 0 Å². The molecular weight excluding hydrogens is 392 g/mol. The zero-order valence-corrected chi connectivity index (χ0v) is 17.8. The lowest BCUT2D eigenvalue weighted by Crippen LogP contribution is -2.31. The Bertz CT molecular complexity index is 1190. The van der Waals surface area contributed by atoms with Gasteiger partial charge in [-0.3, -0.25) is 14.2 Å². The van der Waals surface area contributed by atoms with Crippen molar-refractivity contribution >= 4 is 5.78 Å². The molecule has 1 aromatic heterocycles. The van der Waals surface area contributed by atoms with Crippen LogP contribution >= 0.6 is 0 Å². The van der Waals surface area contributed by atoms with Gasteiger partial charge in [-0.25, -0.2) is 0 Å². The fourth-order valence-electron chi connectivity index (χ4n) is 3.42. The van der Waals surface area contributed by atoms with Gasteiger partial charge in [-0.15, -0.1) is 0 Å². The van der Waals surface area contributed by atoms with Crippen molar-refractivity contribution in [2.75, 3.05) is 0 Å². The van der Waals surface area contributed by atoms with E-state index in [9.17, 15) is 20.0 Å². The van der Waals surface area contributed by atoms with Crippen LogP contribution in [0.2, 0.25) is 0 Å². The second-order valence-corrected chi connectivity index (χ2v) is 7.31. The van der Waals surface area contributed by atoms with Crippen LogP contribution in [-0.4, -0.2) is 21.6 Å². The normalized spacial score (nSPS) is 11.5. The van der Waals surface area contributed by atoms with Gasteiger partial charge in [-0.2, -0.15) is 5.26 Å². The van der Waals surface area contributed by atoms with E-state index in [1.807, 2.05) is 43.3 Å². The van der Waals surface area contributed by atoms with Crippen LogP contribution in [0.25, 0.3) is 0 Å². The number of pyridine rings is 1. The van der Waals surface area contributed by atoms with Gasteiger partial charge in [0.05, 0.1) is 12.1 Å². The lowest BCUT2D eigenvalue weighted by atomic mass is 9.99. The van der Waals surface area contributed by atoms with E-state index in [1.165, 1.54) is 6.92 Å². The number of aryl methyl sites for hydroxylation is 1. The van der Waals surface area contributed by atoms with E-state index in [0.717, 1.165) is 22.1 Å². The van der Waals surface area contributed by atoms with Crippen molar-refractivity contribution in [3.8, 4) is 17.7 Å². The zero-order valence-electron chi connectivity index (χ0n) is 17.8. The Balaban J connectivity index is 2.00. The van der Waals surface area contributed by atoms with Crippen LogP contribution in [0, 0.1) is 18.3 Å². The van der Waals surface area contributed by atoms with Crippen LogP contribution in [0.4, 0.5) is 0 Å². The number of ketones is 1. The van der Waals surface area contributed by atoms with Gasteiger partial charge in [-0.05, 0) is 49.1 Å². The maximum absolute atomic E-state index is 13.2. The highest BCUT2D eigenvalue weighted by Gasteiger charge is 2.28. The second kappa shape index (κ2) is 9.31. The van der Waals surface area contributed by atoms with E-state index in [2.05, 4.69) is 0 Å². The number of carbonyl (C=O) groups is 1. The molecule has 0 saturated heterocycles. The molecule has 0 amide bonds. The van der Waals surface area contributed by atoms with Gasteiger partial charge < -0.3 is 9.84 Å². The molecule has 0 saturated carbocycles. The summed E-state index contributed by atoms with van der Waals surface area (Å²) in [6.45, 7) is 5.15. The molecule has 0 radical (unpaired) electrons. The van der Waals surface area contributed by atoms with Gasteiger partial charge in [0.25, 0.3) is 5.56 Å². The molecule has 2 aromatic carbocycles. The fraction of sp³-hybridized carbons (Fsp3) is 0.240. The number of benzene rings is 2. The van der Waals surface area contributed by atoms with Crippen LogP contribution in [0.15, 0.2) is 59.4 Å². The molecule has 158 valence electrons. The third kappa shape index (κ3) is 4.51. The molecule has 0 fully saturated rings. The predicted molar refractivity (Wildman–Crippen MR) is 118 cm³/mol. The Morgan fingerprint density at radius 1 is 1.13 bits per heavy atom. The monoisotopic (exact) mass is 416 g/mol. The smallest absolute Gasteiger partial charge is 0.271 e. The van der Waals surface area contributed by atoms with Crippen LogP contribution in [-0.2, 0) is 13.0 Å². The third-order valence-electron chi connectivity index (χ3n) is 5.24. The highest BCUT2D eigenvalue weighted by atomic mass is 16.5. The minimum Gasteiger partial charge on any atom is -0.494 e. The van der Waals surface area contributed by atoms with E-state index >= 15 is 0 Å². The summed E-state index contributed by atoms with van der Waals surface area (Å²) in [6, 6.07) is 18.3. The number of carbonyl (C=O) groups excluding carboxylic acids is 1. The van der Waals surface area contributed by atoms with Crippen LogP contribution in [0.5, 0.6) is 11.6 Å². The Morgan fingerprint density at radius 3 is 2.35 bits per heavy atom. The number of hydrogen-bond acceptors (Lipinski definition) is 5. The number of nitriles is 1. The van der Waals surface area contributed by atoms with E-state index < -0.39 is 23.3 Å². The van der Waals surface area contributed by atoms with Gasteiger partial charge >= 0.3 is 0 Å². The summed E-state index contributed by atoms with van der Waals surface area (Å²) < 4.78 is 6.82. The summed E-state index contributed by atoms with van der Waals surface area (Å²) in [7, 11) is 0. The van der Waals surface area contributed by atoms with Crippen molar-refractivity contribution < 1.29 is 14.6 Å². The minimum atomic E-state index is -0.925. The summed E-state index contributed by atoms with van der Waals surface area (Å²) in [5, 5.41) is 20.4. The largest absolute Gasteiger partial charge is 0.494 e. The first-order valence-electron chi connectivity index (χ1n) is 10.1. The molecule has 0 aliphatic rings. The van der Waals surface area contributed by atoms with Crippen molar-refractivity contribution in [1.29, 1.82) is 5.26 Å². The Kier molecular flexibility index (Phi) is 6.56. The van der Waals surface area contributed by atoms with E-state index in [4.69, 9.17) is 4.74 Å². The maximum Gasteiger partial charge on any atom is 0.271 e. The minimum absolute atomic E-state index is 0.0362. The number of ether oxygens (including phenoxy) is 1. The van der Waals surface area contributed by atoms with Gasteiger partial charge in [0.2, 0.25) is 11.7 Å². The van der Waals surface area contributed by atoms with Gasteiger partial charge in [-0.1, -0.05) is 49.4 Å². The zero-order chi connectivity index (χ0) is 22.5. The molecule has 31 heavy (non-hydrogen) atoms.